The maximum Gasteiger partial charge on any atom is 0.418 e. The first-order chi connectivity index (χ1) is 10.9. The van der Waals surface area contributed by atoms with E-state index < -0.39 is 11.7 Å². The van der Waals surface area contributed by atoms with Crippen LogP contribution >= 0.6 is 0 Å². The molecule has 3 aromatic rings. The van der Waals surface area contributed by atoms with Crippen LogP contribution in [0.25, 0.3) is 22.0 Å². The fourth-order valence-electron chi connectivity index (χ4n) is 2.45. The number of rotatable bonds is 2. The summed E-state index contributed by atoms with van der Waals surface area (Å²) in [5.41, 5.74) is 5.52. The summed E-state index contributed by atoms with van der Waals surface area (Å²) in [5, 5.41) is 3.46. The number of halogens is 3. The average Bonchev–Trinajstić information content (AvgIpc) is 2.52. The Morgan fingerprint density at radius 2 is 1.91 bits per heavy atom. The molecule has 0 aliphatic rings. The van der Waals surface area contributed by atoms with Crippen molar-refractivity contribution in [1.29, 1.82) is 0 Å². The van der Waals surface area contributed by atoms with Crippen molar-refractivity contribution in [2.24, 2.45) is 0 Å². The van der Waals surface area contributed by atoms with Crippen LogP contribution in [0.3, 0.4) is 0 Å². The van der Waals surface area contributed by atoms with E-state index in [4.69, 9.17) is 5.73 Å². The Kier molecular flexibility index (Phi) is 3.55. The van der Waals surface area contributed by atoms with E-state index in [1.54, 1.807) is 31.4 Å². The Balaban J connectivity index is 2.20. The minimum Gasteiger partial charge on any atom is -0.398 e. The fourth-order valence-corrected chi connectivity index (χ4v) is 2.45. The lowest BCUT2D eigenvalue weighted by Gasteiger charge is -2.15. The highest BCUT2D eigenvalue weighted by Crippen LogP contribution is 2.41. The van der Waals surface area contributed by atoms with Gasteiger partial charge in [0.2, 0.25) is 5.95 Å². The molecule has 0 saturated heterocycles. The number of nitrogen functional groups attached to an aromatic ring is 1. The largest absolute Gasteiger partial charge is 0.418 e. The summed E-state index contributed by atoms with van der Waals surface area (Å²) in [5.74, 6) is 0.449. The van der Waals surface area contributed by atoms with Gasteiger partial charge in [0.15, 0.2) is 0 Å². The van der Waals surface area contributed by atoms with Crippen LogP contribution < -0.4 is 11.1 Å². The standard InChI is InChI=1S/C16H13F3N4/c1-21-15-22-8-10-7-9(5-6-13(10)23-15)11-3-2-4-12(20)14(11)16(17,18)19/h2-8H,20H2,1H3,(H,21,22,23). The zero-order valence-corrected chi connectivity index (χ0v) is 12.1. The highest BCUT2D eigenvalue weighted by molar-refractivity contribution is 5.86. The number of aromatic nitrogens is 2. The fraction of sp³-hybridized carbons (Fsp3) is 0.125. The van der Waals surface area contributed by atoms with E-state index in [1.165, 1.54) is 18.2 Å². The van der Waals surface area contributed by atoms with Crippen molar-refractivity contribution in [3.05, 3.63) is 48.2 Å². The third-order valence-electron chi connectivity index (χ3n) is 3.49. The SMILES string of the molecule is CNc1ncc2cc(-c3cccc(N)c3C(F)(F)F)ccc2n1. The zero-order chi connectivity index (χ0) is 16.6. The molecule has 0 spiro atoms. The van der Waals surface area contributed by atoms with Gasteiger partial charge in [-0.1, -0.05) is 18.2 Å². The van der Waals surface area contributed by atoms with Crippen LogP contribution in [0.2, 0.25) is 0 Å². The summed E-state index contributed by atoms with van der Waals surface area (Å²) in [7, 11) is 1.69. The molecule has 3 rings (SSSR count). The number of hydrogen-bond acceptors (Lipinski definition) is 4. The van der Waals surface area contributed by atoms with Gasteiger partial charge in [-0.05, 0) is 29.3 Å². The quantitative estimate of drug-likeness (QED) is 0.703. The second-order valence-corrected chi connectivity index (χ2v) is 4.98. The summed E-state index contributed by atoms with van der Waals surface area (Å²) in [6, 6.07) is 9.04. The van der Waals surface area contributed by atoms with Crippen molar-refractivity contribution in [2.75, 3.05) is 18.1 Å². The van der Waals surface area contributed by atoms with Gasteiger partial charge < -0.3 is 11.1 Å². The van der Waals surface area contributed by atoms with E-state index in [2.05, 4.69) is 15.3 Å². The molecule has 0 aliphatic heterocycles. The molecule has 0 bridgehead atoms. The number of fused-ring (bicyclic) bond motifs is 1. The molecule has 3 N–H and O–H groups in total. The summed E-state index contributed by atoms with van der Waals surface area (Å²) in [4.78, 5) is 8.33. The molecule has 0 amide bonds. The molecule has 0 fully saturated rings. The van der Waals surface area contributed by atoms with Gasteiger partial charge in [-0.2, -0.15) is 13.2 Å². The summed E-state index contributed by atoms with van der Waals surface area (Å²) in [6.07, 6.45) is -2.96. The van der Waals surface area contributed by atoms with E-state index in [0.717, 1.165) is 0 Å². The molecule has 0 aliphatic carbocycles. The minimum atomic E-state index is -4.53. The lowest BCUT2D eigenvalue weighted by atomic mass is 9.97. The second-order valence-electron chi connectivity index (χ2n) is 4.98. The topological polar surface area (TPSA) is 63.8 Å². The van der Waals surface area contributed by atoms with Gasteiger partial charge in [-0.25, -0.2) is 9.97 Å². The van der Waals surface area contributed by atoms with Gasteiger partial charge in [0, 0.05) is 24.3 Å². The molecular formula is C16H13F3N4. The molecule has 0 saturated carbocycles. The second kappa shape index (κ2) is 5.42. The highest BCUT2D eigenvalue weighted by atomic mass is 19.4. The number of alkyl halides is 3. The van der Waals surface area contributed by atoms with E-state index in [-0.39, 0.29) is 11.3 Å². The number of benzene rings is 2. The lowest BCUT2D eigenvalue weighted by molar-refractivity contribution is -0.136. The monoisotopic (exact) mass is 318 g/mol. The predicted octanol–water partition coefficient (Wildman–Crippen LogP) is 3.94. The van der Waals surface area contributed by atoms with Gasteiger partial charge in [0.1, 0.15) is 0 Å². The van der Waals surface area contributed by atoms with Crippen molar-refractivity contribution in [1.82, 2.24) is 9.97 Å². The van der Waals surface area contributed by atoms with Gasteiger partial charge >= 0.3 is 6.18 Å². The number of hydrogen-bond donors (Lipinski definition) is 2. The average molecular weight is 318 g/mol. The first kappa shape index (κ1) is 15.1. The van der Waals surface area contributed by atoms with E-state index in [9.17, 15) is 13.2 Å². The Morgan fingerprint density at radius 1 is 1.13 bits per heavy atom. The highest BCUT2D eigenvalue weighted by Gasteiger charge is 2.35. The molecule has 7 heteroatoms. The van der Waals surface area contributed by atoms with Crippen molar-refractivity contribution in [2.45, 2.75) is 6.18 Å². The zero-order valence-electron chi connectivity index (χ0n) is 12.1. The van der Waals surface area contributed by atoms with Crippen molar-refractivity contribution in [3.63, 3.8) is 0 Å². The summed E-state index contributed by atoms with van der Waals surface area (Å²) in [6.45, 7) is 0. The van der Waals surface area contributed by atoms with Gasteiger partial charge in [-0.15, -0.1) is 0 Å². The van der Waals surface area contributed by atoms with Crippen molar-refractivity contribution in [3.8, 4) is 11.1 Å². The predicted molar refractivity (Wildman–Crippen MR) is 83.9 cm³/mol. The third-order valence-corrected chi connectivity index (χ3v) is 3.49. The summed E-state index contributed by atoms with van der Waals surface area (Å²) < 4.78 is 39.9. The number of anilines is 2. The maximum atomic E-state index is 13.3. The molecule has 1 heterocycles. The van der Waals surface area contributed by atoms with Crippen LogP contribution in [-0.2, 0) is 6.18 Å². The molecule has 1 aromatic heterocycles. The third kappa shape index (κ3) is 2.77. The Morgan fingerprint density at radius 3 is 2.61 bits per heavy atom. The first-order valence-corrected chi connectivity index (χ1v) is 6.81. The van der Waals surface area contributed by atoms with E-state index >= 15 is 0 Å². The molecule has 0 radical (unpaired) electrons. The first-order valence-electron chi connectivity index (χ1n) is 6.81. The molecule has 2 aromatic carbocycles. The summed E-state index contributed by atoms with van der Waals surface area (Å²) >= 11 is 0. The van der Waals surface area contributed by atoms with Crippen LogP contribution in [-0.4, -0.2) is 17.0 Å². The molecule has 118 valence electrons. The lowest BCUT2D eigenvalue weighted by Crippen LogP contribution is -2.10. The number of nitrogens with two attached hydrogens (primary N) is 1. The Bertz CT molecular complexity index is 875. The smallest absolute Gasteiger partial charge is 0.398 e. The van der Waals surface area contributed by atoms with Gasteiger partial charge in [0.05, 0.1) is 11.1 Å². The molecule has 0 unspecified atom stereocenters. The van der Waals surface area contributed by atoms with Crippen molar-refractivity contribution < 1.29 is 13.2 Å². The van der Waals surface area contributed by atoms with Gasteiger partial charge in [0.25, 0.3) is 0 Å². The Hall–Kier alpha value is -2.83. The normalized spacial score (nSPS) is 11.7. The molecule has 0 atom stereocenters. The van der Waals surface area contributed by atoms with Crippen LogP contribution in [0.1, 0.15) is 5.56 Å². The Labute approximate surface area is 130 Å². The number of nitrogens with zero attached hydrogens (tertiary/aromatic N) is 2. The van der Waals surface area contributed by atoms with Crippen LogP contribution in [0, 0.1) is 0 Å². The number of nitrogens with one attached hydrogen (secondary N) is 1. The minimum absolute atomic E-state index is 0.0390. The van der Waals surface area contributed by atoms with Crippen LogP contribution in [0.15, 0.2) is 42.6 Å². The van der Waals surface area contributed by atoms with Crippen LogP contribution in [0.4, 0.5) is 24.8 Å². The van der Waals surface area contributed by atoms with Gasteiger partial charge in [-0.3, -0.25) is 0 Å². The van der Waals surface area contributed by atoms with E-state index in [0.29, 0.717) is 22.4 Å². The van der Waals surface area contributed by atoms with Crippen molar-refractivity contribution >= 4 is 22.5 Å². The van der Waals surface area contributed by atoms with E-state index in [1.807, 2.05) is 0 Å². The maximum absolute atomic E-state index is 13.3. The molecular weight excluding hydrogens is 305 g/mol. The van der Waals surface area contributed by atoms with Crippen LogP contribution in [0.5, 0.6) is 0 Å². The molecule has 23 heavy (non-hydrogen) atoms. The molecule has 4 nitrogen and oxygen atoms in total.